The lowest BCUT2D eigenvalue weighted by Gasteiger charge is -2.34. The lowest BCUT2D eigenvalue weighted by molar-refractivity contribution is -0.122. The summed E-state index contributed by atoms with van der Waals surface area (Å²) in [5.74, 6) is 0.530. The van der Waals surface area contributed by atoms with E-state index in [1.165, 1.54) is 12.1 Å². The summed E-state index contributed by atoms with van der Waals surface area (Å²) in [6.45, 7) is 8.18. The van der Waals surface area contributed by atoms with E-state index in [1.807, 2.05) is 6.92 Å². The second-order valence-corrected chi connectivity index (χ2v) is 5.37. The number of amides is 1. The van der Waals surface area contributed by atoms with E-state index in [4.69, 9.17) is 4.74 Å². The van der Waals surface area contributed by atoms with Crippen LogP contribution < -0.4 is 10.1 Å². The summed E-state index contributed by atoms with van der Waals surface area (Å²) in [6.07, 6.45) is 0. The maximum absolute atomic E-state index is 12.8. The molecule has 0 aliphatic carbocycles. The molecular formula is C16H24FN3O2. The van der Waals surface area contributed by atoms with E-state index in [0.717, 1.165) is 32.7 Å². The number of rotatable bonds is 7. The van der Waals surface area contributed by atoms with Crippen molar-refractivity contribution in [3.63, 3.8) is 0 Å². The molecule has 0 unspecified atom stereocenters. The van der Waals surface area contributed by atoms with Gasteiger partial charge in [0.15, 0.2) is 0 Å². The monoisotopic (exact) mass is 309 g/mol. The minimum atomic E-state index is -0.254. The summed E-state index contributed by atoms with van der Waals surface area (Å²) in [7, 11) is 0. The standard InChI is InChI=1S/C16H24FN3O2/c1-2-18-16(21)13-20-9-7-19(8-10-20)11-12-22-15-5-3-14(17)4-6-15/h3-6H,2,7-13H2,1H3,(H,18,21). The normalized spacial score (nSPS) is 16.5. The second-order valence-electron chi connectivity index (χ2n) is 5.37. The number of carbonyl (C=O) groups excluding carboxylic acids is 1. The Morgan fingerprint density at radius 3 is 2.45 bits per heavy atom. The number of carbonyl (C=O) groups is 1. The van der Waals surface area contributed by atoms with Gasteiger partial charge in [0, 0.05) is 39.3 Å². The average Bonchev–Trinajstić information content (AvgIpc) is 2.51. The molecule has 0 aromatic heterocycles. The first-order valence-electron chi connectivity index (χ1n) is 7.77. The molecule has 1 aromatic carbocycles. The molecule has 0 saturated carbocycles. The Morgan fingerprint density at radius 1 is 1.18 bits per heavy atom. The second kappa shape index (κ2) is 8.70. The molecule has 1 aliphatic heterocycles. The van der Waals surface area contributed by atoms with Crippen molar-refractivity contribution in [2.45, 2.75) is 6.92 Å². The Kier molecular flexibility index (Phi) is 6.61. The molecule has 1 aromatic rings. The Hall–Kier alpha value is -1.66. The summed E-state index contributed by atoms with van der Waals surface area (Å²) in [5.41, 5.74) is 0. The minimum absolute atomic E-state index is 0.0931. The third-order valence-corrected chi connectivity index (χ3v) is 3.70. The Bertz CT molecular complexity index is 459. The van der Waals surface area contributed by atoms with Crippen LogP contribution >= 0.6 is 0 Å². The number of hydrogen-bond donors (Lipinski definition) is 1. The zero-order chi connectivity index (χ0) is 15.8. The van der Waals surface area contributed by atoms with Gasteiger partial charge in [-0.05, 0) is 31.2 Å². The molecule has 1 N–H and O–H groups in total. The van der Waals surface area contributed by atoms with Crippen molar-refractivity contribution in [1.29, 1.82) is 0 Å². The number of piperazine rings is 1. The highest BCUT2D eigenvalue weighted by molar-refractivity contribution is 5.77. The van der Waals surface area contributed by atoms with Crippen LogP contribution in [0.2, 0.25) is 0 Å². The molecular weight excluding hydrogens is 285 g/mol. The Labute approximate surface area is 131 Å². The van der Waals surface area contributed by atoms with Gasteiger partial charge < -0.3 is 10.1 Å². The van der Waals surface area contributed by atoms with Gasteiger partial charge in [0.2, 0.25) is 5.91 Å². The summed E-state index contributed by atoms with van der Waals surface area (Å²) >= 11 is 0. The fourth-order valence-corrected chi connectivity index (χ4v) is 2.45. The zero-order valence-electron chi connectivity index (χ0n) is 13.1. The summed E-state index contributed by atoms with van der Waals surface area (Å²) in [6, 6.07) is 6.07. The van der Waals surface area contributed by atoms with Gasteiger partial charge >= 0.3 is 0 Å². The van der Waals surface area contributed by atoms with Crippen molar-refractivity contribution >= 4 is 5.91 Å². The van der Waals surface area contributed by atoms with E-state index >= 15 is 0 Å². The van der Waals surface area contributed by atoms with Crippen LogP contribution in [0, 0.1) is 5.82 Å². The van der Waals surface area contributed by atoms with Gasteiger partial charge in [-0.25, -0.2) is 4.39 Å². The summed E-state index contributed by atoms with van der Waals surface area (Å²) in [5, 5.41) is 2.82. The van der Waals surface area contributed by atoms with Gasteiger partial charge in [-0.1, -0.05) is 0 Å². The van der Waals surface area contributed by atoms with Crippen molar-refractivity contribution in [1.82, 2.24) is 15.1 Å². The smallest absolute Gasteiger partial charge is 0.234 e. The molecule has 1 heterocycles. The highest BCUT2D eigenvalue weighted by atomic mass is 19.1. The molecule has 1 amide bonds. The van der Waals surface area contributed by atoms with E-state index in [1.54, 1.807) is 12.1 Å². The zero-order valence-corrected chi connectivity index (χ0v) is 13.1. The number of hydrogen-bond acceptors (Lipinski definition) is 4. The maximum Gasteiger partial charge on any atom is 0.234 e. The summed E-state index contributed by atoms with van der Waals surface area (Å²) < 4.78 is 18.4. The van der Waals surface area contributed by atoms with E-state index in [2.05, 4.69) is 15.1 Å². The third kappa shape index (κ3) is 5.61. The van der Waals surface area contributed by atoms with Crippen LogP contribution in [0.1, 0.15) is 6.92 Å². The third-order valence-electron chi connectivity index (χ3n) is 3.70. The minimum Gasteiger partial charge on any atom is -0.492 e. The van der Waals surface area contributed by atoms with Gasteiger partial charge in [-0.3, -0.25) is 14.6 Å². The number of likely N-dealkylation sites (N-methyl/N-ethyl adjacent to an activating group) is 1. The highest BCUT2D eigenvalue weighted by Crippen LogP contribution is 2.11. The van der Waals surface area contributed by atoms with Gasteiger partial charge in [0.25, 0.3) is 0 Å². The molecule has 22 heavy (non-hydrogen) atoms. The van der Waals surface area contributed by atoms with Crippen LogP contribution in [0.15, 0.2) is 24.3 Å². The first kappa shape index (κ1) is 16.7. The molecule has 2 rings (SSSR count). The highest BCUT2D eigenvalue weighted by Gasteiger charge is 2.18. The lowest BCUT2D eigenvalue weighted by Crippen LogP contribution is -2.50. The van der Waals surface area contributed by atoms with Crippen molar-refractivity contribution in [2.24, 2.45) is 0 Å². The number of nitrogens with one attached hydrogen (secondary N) is 1. The molecule has 122 valence electrons. The van der Waals surface area contributed by atoms with Gasteiger partial charge in [0.05, 0.1) is 6.54 Å². The molecule has 0 bridgehead atoms. The van der Waals surface area contributed by atoms with E-state index < -0.39 is 0 Å². The van der Waals surface area contributed by atoms with Gasteiger partial charge in [0.1, 0.15) is 18.2 Å². The largest absolute Gasteiger partial charge is 0.492 e. The first-order valence-corrected chi connectivity index (χ1v) is 7.77. The predicted octanol–water partition coefficient (Wildman–Crippen LogP) is 0.958. The van der Waals surface area contributed by atoms with Crippen LogP contribution in [0.3, 0.4) is 0 Å². The van der Waals surface area contributed by atoms with Gasteiger partial charge in [-0.2, -0.15) is 0 Å². The lowest BCUT2D eigenvalue weighted by atomic mass is 10.3. The van der Waals surface area contributed by atoms with E-state index in [9.17, 15) is 9.18 Å². The molecule has 6 heteroatoms. The van der Waals surface area contributed by atoms with Crippen LogP contribution in [0.4, 0.5) is 4.39 Å². The molecule has 0 radical (unpaired) electrons. The average molecular weight is 309 g/mol. The SMILES string of the molecule is CCNC(=O)CN1CCN(CCOc2ccc(F)cc2)CC1. The molecule has 1 fully saturated rings. The topological polar surface area (TPSA) is 44.8 Å². The number of nitrogens with zero attached hydrogens (tertiary/aromatic N) is 2. The Balaban J connectivity index is 1.61. The van der Waals surface area contributed by atoms with Crippen LogP contribution in [-0.2, 0) is 4.79 Å². The fourth-order valence-electron chi connectivity index (χ4n) is 2.45. The van der Waals surface area contributed by atoms with Crippen LogP contribution in [0.25, 0.3) is 0 Å². The fraction of sp³-hybridized carbons (Fsp3) is 0.562. The Morgan fingerprint density at radius 2 is 1.82 bits per heavy atom. The van der Waals surface area contributed by atoms with Crippen LogP contribution in [-0.4, -0.2) is 68.1 Å². The molecule has 1 aliphatic rings. The van der Waals surface area contributed by atoms with Crippen molar-refractivity contribution in [2.75, 3.05) is 52.4 Å². The quantitative estimate of drug-likeness (QED) is 0.815. The van der Waals surface area contributed by atoms with Crippen molar-refractivity contribution in [3.8, 4) is 5.75 Å². The molecule has 0 spiro atoms. The van der Waals surface area contributed by atoms with E-state index in [-0.39, 0.29) is 11.7 Å². The predicted molar refractivity (Wildman–Crippen MR) is 83.5 cm³/mol. The van der Waals surface area contributed by atoms with Crippen molar-refractivity contribution < 1.29 is 13.9 Å². The van der Waals surface area contributed by atoms with Crippen molar-refractivity contribution in [3.05, 3.63) is 30.1 Å². The maximum atomic E-state index is 12.8. The molecule has 0 atom stereocenters. The summed E-state index contributed by atoms with van der Waals surface area (Å²) in [4.78, 5) is 16.0. The number of ether oxygens (including phenoxy) is 1. The van der Waals surface area contributed by atoms with Crippen LogP contribution in [0.5, 0.6) is 5.75 Å². The first-order chi connectivity index (χ1) is 10.7. The van der Waals surface area contributed by atoms with E-state index in [0.29, 0.717) is 25.4 Å². The number of benzene rings is 1. The molecule has 5 nitrogen and oxygen atoms in total. The molecule has 1 saturated heterocycles. The number of halogens is 1. The van der Waals surface area contributed by atoms with Gasteiger partial charge in [-0.15, -0.1) is 0 Å².